The van der Waals surface area contributed by atoms with E-state index < -0.39 is 5.97 Å². The van der Waals surface area contributed by atoms with Crippen LogP contribution in [0, 0.1) is 6.92 Å². The minimum atomic E-state index is -0.481. The number of nitrogens with zero attached hydrogens (tertiary/aromatic N) is 2. The molecule has 0 saturated carbocycles. The molecule has 7 nitrogen and oxygen atoms in total. The molecule has 1 aromatic heterocycles. The van der Waals surface area contributed by atoms with Gasteiger partial charge in [0.2, 0.25) is 5.91 Å². The second kappa shape index (κ2) is 10.7. The predicted octanol–water partition coefficient (Wildman–Crippen LogP) is 5.21. The van der Waals surface area contributed by atoms with Crippen LogP contribution in [0.5, 0.6) is 5.75 Å². The molecule has 0 bridgehead atoms. The van der Waals surface area contributed by atoms with E-state index in [1.54, 1.807) is 24.8 Å². The summed E-state index contributed by atoms with van der Waals surface area (Å²) in [6, 6.07) is 24.4. The Bertz CT molecular complexity index is 1340. The molecule has 1 amide bonds. The molecular weight excluding hydrogens is 442 g/mol. The second-order valence-corrected chi connectivity index (χ2v) is 7.99. The minimum absolute atomic E-state index is 0.132. The summed E-state index contributed by atoms with van der Waals surface area (Å²) in [5.74, 6) is 0.131. The van der Waals surface area contributed by atoms with Crippen molar-refractivity contribution in [3.8, 4) is 22.7 Å². The van der Waals surface area contributed by atoms with Crippen molar-refractivity contribution in [1.82, 2.24) is 9.78 Å². The Balaban J connectivity index is 1.63. The summed E-state index contributed by atoms with van der Waals surface area (Å²) < 4.78 is 12.1. The van der Waals surface area contributed by atoms with Gasteiger partial charge in [0, 0.05) is 11.3 Å². The number of para-hydroxylation sites is 1. The number of methoxy groups -OCH3 is 1. The molecule has 0 fully saturated rings. The number of carbonyl (C=O) groups excluding carboxylic acids is 2. The number of hydrogen-bond acceptors (Lipinski definition) is 5. The molecule has 0 spiro atoms. The fourth-order valence-corrected chi connectivity index (χ4v) is 3.77. The van der Waals surface area contributed by atoms with Crippen LogP contribution in [0.4, 0.5) is 5.69 Å². The van der Waals surface area contributed by atoms with E-state index in [2.05, 4.69) is 10.4 Å². The largest absolute Gasteiger partial charge is 0.497 e. The molecule has 0 unspecified atom stereocenters. The molecule has 0 saturated heterocycles. The molecule has 1 heterocycles. The molecule has 178 valence electrons. The van der Waals surface area contributed by atoms with Crippen LogP contribution in [-0.2, 0) is 16.0 Å². The van der Waals surface area contributed by atoms with Crippen LogP contribution in [-0.4, -0.2) is 35.4 Å². The molecule has 0 radical (unpaired) electrons. The molecule has 1 N–H and O–H groups in total. The molecule has 0 aliphatic heterocycles. The van der Waals surface area contributed by atoms with Gasteiger partial charge in [0.15, 0.2) is 5.69 Å². The Labute approximate surface area is 204 Å². The van der Waals surface area contributed by atoms with Crippen molar-refractivity contribution in [3.05, 3.63) is 95.7 Å². The summed E-state index contributed by atoms with van der Waals surface area (Å²) in [7, 11) is 1.61. The van der Waals surface area contributed by atoms with Crippen molar-refractivity contribution < 1.29 is 19.1 Å². The lowest BCUT2D eigenvalue weighted by Gasteiger charge is -2.12. The third-order valence-corrected chi connectivity index (χ3v) is 5.50. The fourth-order valence-electron chi connectivity index (χ4n) is 3.77. The molecule has 4 rings (SSSR count). The molecular formula is C28H27N3O4. The van der Waals surface area contributed by atoms with Gasteiger partial charge in [-0.25, -0.2) is 9.48 Å². The molecule has 0 atom stereocenters. The van der Waals surface area contributed by atoms with Gasteiger partial charge in [-0.1, -0.05) is 42.5 Å². The van der Waals surface area contributed by atoms with Gasteiger partial charge in [-0.3, -0.25) is 4.79 Å². The Morgan fingerprint density at radius 2 is 1.74 bits per heavy atom. The van der Waals surface area contributed by atoms with Gasteiger partial charge < -0.3 is 14.8 Å². The van der Waals surface area contributed by atoms with Crippen LogP contribution in [0.25, 0.3) is 16.9 Å². The van der Waals surface area contributed by atoms with Crippen LogP contribution >= 0.6 is 0 Å². The number of hydrogen-bond donors (Lipinski definition) is 1. The number of esters is 1. The highest BCUT2D eigenvalue weighted by Gasteiger charge is 2.19. The molecule has 4 aromatic rings. The lowest BCUT2D eigenvalue weighted by atomic mass is 10.1. The van der Waals surface area contributed by atoms with Crippen LogP contribution < -0.4 is 10.1 Å². The summed E-state index contributed by atoms with van der Waals surface area (Å²) in [6.07, 6.45) is 0.238. The van der Waals surface area contributed by atoms with Crippen LogP contribution in [0.2, 0.25) is 0 Å². The first-order chi connectivity index (χ1) is 17.0. The fraction of sp³-hybridized carbons (Fsp3) is 0.179. The maximum absolute atomic E-state index is 12.7. The number of amides is 1. The minimum Gasteiger partial charge on any atom is -0.497 e. The second-order valence-electron chi connectivity index (χ2n) is 7.99. The average molecular weight is 470 g/mol. The van der Waals surface area contributed by atoms with E-state index in [1.807, 2.05) is 79.7 Å². The molecule has 0 aliphatic rings. The van der Waals surface area contributed by atoms with Crippen molar-refractivity contribution in [2.75, 3.05) is 19.0 Å². The van der Waals surface area contributed by atoms with Gasteiger partial charge >= 0.3 is 5.97 Å². The standard InChI is InChI=1S/C28H27N3O4/c1-4-35-28(33)24-18-26(31(30-24)25-11-6-5-8-19(25)2)21-9-7-10-22(17-21)29-27(32)16-20-12-14-23(34-3)15-13-20/h5-15,17-18H,4,16H2,1-3H3,(H,29,32). The number of nitrogens with one attached hydrogen (secondary N) is 1. The van der Waals surface area contributed by atoms with Gasteiger partial charge in [0.05, 0.1) is 31.5 Å². The summed E-state index contributed by atoms with van der Waals surface area (Å²) in [4.78, 5) is 25.1. The predicted molar refractivity (Wildman–Crippen MR) is 135 cm³/mol. The number of ether oxygens (including phenoxy) is 2. The monoisotopic (exact) mass is 469 g/mol. The van der Waals surface area contributed by atoms with Crippen LogP contribution in [0.3, 0.4) is 0 Å². The zero-order chi connectivity index (χ0) is 24.8. The van der Waals surface area contributed by atoms with E-state index in [0.717, 1.165) is 28.1 Å². The van der Waals surface area contributed by atoms with Crippen molar-refractivity contribution >= 4 is 17.6 Å². The highest BCUT2D eigenvalue weighted by molar-refractivity contribution is 5.93. The summed E-state index contributed by atoms with van der Waals surface area (Å²) in [5.41, 5.74) is 5.14. The van der Waals surface area contributed by atoms with E-state index >= 15 is 0 Å². The van der Waals surface area contributed by atoms with Crippen LogP contribution in [0.1, 0.15) is 28.5 Å². The van der Waals surface area contributed by atoms with Crippen LogP contribution in [0.15, 0.2) is 78.9 Å². The SMILES string of the molecule is CCOC(=O)c1cc(-c2cccc(NC(=O)Cc3ccc(OC)cc3)c2)n(-c2ccccc2C)n1. The molecule has 3 aromatic carbocycles. The van der Waals surface area contributed by atoms with E-state index in [-0.39, 0.29) is 24.6 Å². The first-order valence-electron chi connectivity index (χ1n) is 11.3. The number of anilines is 1. The Morgan fingerprint density at radius 1 is 0.971 bits per heavy atom. The molecule has 35 heavy (non-hydrogen) atoms. The highest BCUT2D eigenvalue weighted by atomic mass is 16.5. The van der Waals surface area contributed by atoms with E-state index in [0.29, 0.717) is 11.4 Å². The van der Waals surface area contributed by atoms with Crippen molar-refractivity contribution in [2.45, 2.75) is 20.3 Å². The number of rotatable bonds is 8. The quantitative estimate of drug-likeness (QED) is 0.358. The maximum atomic E-state index is 12.7. The van der Waals surface area contributed by atoms with E-state index in [1.165, 1.54) is 0 Å². The zero-order valence-corrected chi connectivity index (χ0v) is 19.9. The Morgan fingerprint density at radius 3 is 2.46 bits per heavy atom. The summed E-state index contributed by atoms with van der Waals surface area (Å²) >= 11 is 0. The van der Waals surface area contributed by atoms with Gasteiger partial charge in [-0.15, -0.1) is 0 Å². The van der Waals surface area contributed by atoms with Gasteiger partial charge in [-0.05, 0) is 61.4 Å². The van der Waals surface area contributed by atoms with Gasteiger partial charge in [0.1, 0.15) is 5.75 Å². The number of aryl methyl sites for hydroxylation is 1. The number of carbonyl (C=O) groups is 2. The maximum Gasteiger partial charge on any atom is 0.358 e. The van der Waals surface area contributed by atoms with E-state index in [9.17, 15) is 9.59 Å². The summed E-state index contributed by atoms with van der Waals surface area (Å²) in [6.45, 7) is 4.01. The Kier molecular flexibility index (Phi) is 7.26. The molecule has 7 heteroatoms. The smallest absolute Gasteiger partial charge is 0.358 e. The van der Waals surface area contributed by atoms with Gasteiger partial charge in [-0.2, -0.15) is 5.10 Å². The third kappa shape index (κ3) is 5.58. The van der Waals surface area contributed by atoms with Gasteiger partial charge in [0.25, 0.3) is 0 Å². The number of aromatic nitrogens is 2. The van der Waals surface area contributed by atoms with E-state index in [4.69, 9.17) is 9.47 Å². The lowest BCUT2D eigenvalue weighted by Crippen LogP contribution is -2.14. The lowest BCUT2D eigenvalue weighted by molar-refractivity contribution is -0.115. The zero-order valence-electron chi connectivity index (χ0n) is 19.9. The normalized spacial score (nSPS) is 10.6. The topological polar surface area (TPSA) is 82.5 Å². The average Bonchev–Trinajstić information content (AvgIpc) is 3.30. The van der Waals surface area contributed by atoms with Crippen molar-refractivity contribution in [1.29, 1.82) is 0 Å². The third-order valence-electron chi connectivity index (χ3n) is 5.50. The Hall–Kier alpha value is -4.39. The van der Waals surface area contributed by atoms with Crippen molar-refractivity contribution in [2.24, 2.45) is 0 Å². The highest BCUT2D eigenvalue weighted by Crippen LogP contribution is 2.28. The first-order valence-corrected chi connectivity index (χ1v) is 11.3. The first kappa shape index (κ1) is 23.8. The van der Waals surface area contributed by atoms with Crippen molar-refractivity contribution in [3.63, 3.8) is 0 Å². The summed E-state index contributed by atoms with van der Waals surface area (Å²) in [5, 5.41) is 7.50. The molecule has 0 aliphatic carbocycles. The number of benzene rings is 3.